The largest absolute Gasteiger partial charge is 0.396 e. The molecule has 1 aliphatic rings. The highest BCUT2D eigenvalue weighted by Gasteiger charge is 2.24. The predicted molar refractivity (Wildman–Crippen MR) is 110 cm³/mol. The van der Waals surface area contributed by atoms with Crippen LogP contribution in [0.5, 0.6) is 0 Å². The number of nitrogens with one attached hydrogen (secondary N) is 1. The Balaban J connectivity index is 1.62. The van der Waals surface area contributed by atoms with Crippen molar-refractivity contribution in [1.29, 1.82) is 0 Å². The van der Waals surface area contributed by atoms with Crippen LogP contribution in [0.2, 0.25) is 0 Å². The molecule has 28 heavy (non-hydrogen) atoms. The highest BCUT2D eigenvalue weighted by atomic mass is 16.2. The van der Waals surface area contributed by atoms with Crippen LogP contribution in [0.3, 0.4) is 0 Å². The second-order valence-electron chi connectivity index (χ2n) is 7.37. The maximum Gasteiger partial charge on any atom is 0.255 e. The van der Waals surface area contributed by atoms with Gasteiger partial charge in [0.2, 0.25) is 0 Å². The van der Waals surface area contributed by atoms with E-state index in [9.17, 15) is 4.79 Å². The Kier molecular flexibility index (Phi) is 5.01. The Hall–Kier alpha value is -2.92. The molecule has 2 aromatic heterocycles. The highest BCUT2D eigenvalue weighted by molar-refractivity contribution is 6.00. The first-order valence-corrected chi connectivity index (χ1v) is 9.74. The number of hydrogen-bond acceptors (Lipinski definition) is 3. The van der Waals surface area contributed by atoms with Crippen molar-refractivity contribution in [2.24, 2.45) is 0 Å². The Bertz CT molecular complexity index is 1060. The lowest BCUT2D eigenvalue weighted by molar-refractivity contribution is 0.0938. The van der Waals surface area contributed by atoms with Gasteiger partial charge in [0.1, 0.15) is 5.65 Å². The Morgan fingerprint density at radius 3 is 2.93 bits per heavy atom. The number of benzene rings is 1. The van der Waals surface area contributed by atoms with Crippen LogP contribution in [0.1, 0.15) is 58.2 Å². The quantitative estimate of drug-likeness (QED) is 0.709. The normalized spacial score (nSPS) is 16.0. The van der Waals surface area contributed by atoms with Crippen LogP contribution in [0, 0.1) is 13.8 Å². The maximum atomic E-state index is 13.1. The first-order chi connectivity index (χ1) is 13.6. The third-order valence-corrected chi connectivity index (χ3v) is 5.38. The van der Waals surface area contributed by atoms with E-state index in [1.54, 1.807) is 0 Å². The number of aryl methyl sites for hydroxylation is 2. The minimum Gasteiger partial charge on any atom is -0.396 e. The molecule has 0 saturated heterocycles. The van der Waals surface area contributed by atoms with E-state index < -0.39 is 0 Å². The molecule has 0 bridgehead atoms. The number of nitrogens with zero attached hydrogens (tertiary/aromatic N) is 2. The summed E-state index contributed by atoms with van der Waals surface area (Å²) in [5.74, 6) is -0.105. The number of carbonyl (C=O) groups excluding carboxylic acids is 1. The third kappa shape index (κ3) is 3.34. The fourth-order valence-corrected chi connectivity index (χ4v) is 4.04. The van der Waals surface area contributed by atoms with Gasteiger partial charge in [-0.2, -0.15) is 0 Å². The Morgan fingerprint density at radius 1 is 1.29 bits per heavy atom. The molecule has 0 spiro atoms. The smallest absolute Gasteiger partial charge is 0.255 e. The van der Waals surface area contributed by atoms with Crippen molar-refractivity contribution in [2.75, 3.05) is 6.61 Å². The average Bonchev–Trinajstić information content (AvgIpc) is 3.11. The Morgan fingerprint density at radius 2 is 2.11 bits per heavy atom. The average molecular weight is 375 g/mol. The summed E-state index contributed by atoms with van der Waals surface area (Å²) in [6.07, 6.45) is 6.43. The topological polar surface area (TPSA) is 66.6 Å². The number of hydrogen-bond donors (Lipinski definition) is 2. The van der Waals surface area contributed by atoms with Crippen molar-refractivity contribution in [3.05, 3.63) is 76.7 Å². The minimum absolute atomic E-state index is 0.0672. The van der Waals surface area contributed by atoms with E-state index in [2.05, 4.69) is 28.5 Å². The molecule has 1 unspecified atom stereocenters. The molecule has 5 heteroatoms. The van der Waals surface area contributed by atoms with Crippen LogP contribution >= 0.6 is 0 Å². The zero-order valence-corrected chi connectivity index (χ0v) is 16.3. The van der Waals surface area contributed by atoms with Gasteiger partial charge in [0, 0.05) is 24.2 Å². The summed E-state index contributed by atoms with van der Waals surface area (Å²) in [5, 5.41) is 12.4. The summed E-state index contributed by atoms with van der Waals surface area (Å²) < 4.78 is 1.95. The molecule has 2 N–H and O–H groups in total. The summed E-state index contributed by atoms with van der Waals surface area (Å²) in [6.45, 7) is 4.14. The van der Waals surface area contributed by atoms with Crippen molar-refractivity contribution in [3.63, 3.8) is 0 Å². The van der Waals surface area contributed by atoms with Gasteiger partial charge >= 0.3 is 0 Å². The number of rotatable bonds is 5. The summed E-state index contributed by atoms with van der Waals surface area (Å²) >= 11 is 0. The van der Waals surface area contributed by atoms with E-state index in [0.717, 1.165) is 36.2 Å². The molecule has 5 nitrogen and oxygen atoms in total. The van der Waals surface area contributed by atoms with Crippen molar-refractivity contribution in [3.8, 4) is 0 Å². The van der Waals surface area contributed by atoms with Gasteiger partial charge in [0.15, 0.2) is 0 Å². The fourth-order valence-electron chi connectivity index (χ4n) is 4.04. The molecular weight excluding hydrogens is 350 g/mol. The molecule has 1 atom stereocenters. The van der Waals surface area contributed by atoms with E-state index in [1.807, 2.05) is 48.7 Å². The van der Waals surface area contributed by atoms with Gasteiger partial charge in [0.05, 0.1) is 11.6 Å². The molecule has 2 heterocycles. The lowest BCUT2D eigenvalue weighted by Gasteiger charge is -2.26. The minimum atomic E-state index is -0.105. The van der Waals surface area contributed by atoms with Gasteiger partial charge in [-0.15, -0.1) is 0 Å². The molecule has 0 aliphatic heterocycles. The number of aliphatic hydroxyl groups excluding tert-OH is 1. The monoisotopic (exact) mass is 375 g/mol. The second kappa shape index (κ2) is 7.60. The maximum absolute atomic E-state index is 13.1. The number of allylic oxidation sites excluding steroid dienone is 1. The number of carbonyl (C=O) groups is 1. The number of amides is 1. The van der Waals surface area contributed by atoms with E-state index >= 15 is 0 Å². The summed E-state index contributed by atoms with van der Waals surface area (Å²) in [7, 11) is 0. The first-order valence-electron chi connectivity index (χ1n) is 9.74. The van der Waals surface area contributed by atoms with E-state index in [4.69, 9.17) is 5.11 Å². The van der Waals surface area contributed by atoms with Gasteiger partial charge in [-0.25, -0.2) is 4.98 Å². The van der Waals surface area contributed by atoms with E-state index in [1.165, 1.54) is 11.1 Å². The van der Waals surface area contributed by atoms with Gasteiger partial charge in [-0.3, -0.25) is 4.79 Å². The first kappa shape index (κ1) is 18.4. The van der Waals surface area contributed by atoms with Gasteiger partial charge < -0.3 is 14.8 Å². The third-order valence-electron chi connectivity index (χ3n) is 5.38. The van der Waals surface area contributed by atoms with Crippen LogP contribution in [-0.2, 0) is 0 Å². The SMILES string of the molecule is Cc1cc(C)n2ccc(C(=O)NC3CC=C(CCCO)c4ccccc43)c2n1. The predicted octanol–water partition coefficient (Wildman–Crippen LogP) is 3.98. The zero-order chi connectivity index (χ0) is 19.7. The van der Waals surface area contributed by atoms with E-state index in [-0.39, 0.29) is 18.6 Å². The lowest BCUT2D eigenvalue weighted by atomic mass is 9.85. The molecule has 0 fully saturated rings. The molecule has 0 radical (unpaired) electrons. The van der Waals surface area contributed by atoms with Crippen molar-refractivity contribution in [2.45, 2.75) is 39.2 Å². The molecule has 144 valence electrons. The van der Waals surface area contributed by atoms with Crippen LogP contribution in [-0.4, -0.2) is 27.0 Å². The standard InChI is InChI=1S/C23H25N3O2/c1-15-14-16(2)26-12-11-20(22(26)24-15)23(28)25-21-10-9-17(6-5-13-27)18-7-3-4-8-19(18)21/h3-4,7-9,11-12,14,21,27H,5-6,10,13H2,1-2H3,(H,25,28). The van der Waals surface area contributed by atoms with Gasteiger partial charge in [-0.1, -0.05) is 30.3 Å². The second-order valence-corrected chi connectivity index (χ2v) is 7.37. The van der Waals surface area contributed by atoms with Crippen LogP contribution in [0.4, 0.5) is 0 Å². The van der Waals surface area contributed by atoms with E-state index in [0.29, 0.717) is 11.2 Å². The molecule has 0 saturated carbocycles. The molecular formula is C23H25N3O2. The van der Waals surface area contributed by atoms with Crippen molar-refractivity contribution in [1.82, 2.24) is 14.7 Å². The summed E-state index contributed by atoms with van der Waals surface area (Å²) in [4.78, 5) is 17.6. The fraction of sp³-hybridized carbons (Fsp3) is 0.304. The Labute approximate surface area is 164 Å². The van der Waals surface area contributed by atoms with Crippen molar-refractivity contribution >= 4 is 17.1 Å². The van der Waals surface area contributed by atoms with Crippen molar-refractivity contribution < 1.29 is 9.90 Å². The molecule has 1 amide bonds. The van der Waals surface area contributed by atoms with Crippen LogP contribution in [0.25, 0.3) is 11.2 Å². The van der Waals surface area contributed by atoms with Crippen LogP contribution in [0.15, 0.2) is 48.7 Å². The van der Waals surface area contributed by atoms with Crippen LogP contribution < -0.4 is 5.32 Å². The summed E-state index contributed by atoms with van der Waals surface area (Å²) in [5.41, 5.74) is 6.79. The molecule has 4 rings (SSSR count). The molecule has 1 aromatic carbocycles. The zero-order valence-electron chi connectivity index (χ0n) is 16.3. The number of aromatic nitrogens is 2. The highest BCUT2D eigenvalue weighted by Crippen LogP contribution is 2.35. The summed E-state index contributed by atoms with van der Waals surface area (Å²) in [6, 6.07) is 12.0. The number of aliphatic hydroxyl groups is 1. The van der Waals surface area contributed by atoms with Gasteiger partial charge in [-0.05, 0) is 61.9 Å². The molecule has 1 aliphatic carbocycles. The molecule has 3 aromatic rings. The number of fused-ring (bicyclic) bond motifs is 2. The van der Waals surface area contributed by atoms with Gasteiger partial charge in [0.25, 0.3) is 5.91 Å². The lowest BCUT2D eigenvalue weighted by Crippen LogP contribution is -2.30.